The lowest BCUT2D eigenvalue weighted by atomic mass is 9.98. The molecule has 28 heavy (non-hydrogen) atoms. The van der Waals surface area contributed by atoms with Crippen LogP contribution in [0.2, 0.25) is 0 Å². The predicted octanol–water partition coefficient (Wildman–Crippen LogP) is 5.35. The maximum Gasteiger partial charge on any atom is 0.342 e. The van der Waals surface area contributed by atoms with Crippen molar-refractivity contribution in [3.63, 3.8) is 0 Å². The van der Waals surface area contributed by atoms with Crippen LogP contribution >= 0.6 is 0 Å². The smallest absolute Gasteiger partial charge is 0.306 e. The Balaban J connectivity index is 1.64. The highest BCUT2D eigenvalue weighted by Crippen LogP contribution is 2.33. The lowest BCUT2D eigenvalue weighted by molar-refractivity contribution is 0.200. The molecule has 1 N–H and O–H groups in total. The molecule has 1 aliphatic rings. The van der Waals surface area contributed by atoms with Crippen LogP contribution in [0.3, 0.4) is 0 Å². The van der Waals surface area contributed by atoms with Crippen LogP contribution in [0.15, 0.2) is 84.0 Å². The van der Waals surface area contributed by atoms with E-state index in [9.17, 15) is 13.6 Å². The van der Waals surface area contributed by atoms with E-state index in [4.69, 9.17) is 0 Å². The van der Waals surface area contributed by atoms with Crippen LogP contribution < -0.4 is 5.32 Å². The number of benzene rings is 3. The third-order valence-electron chi connectivity index (χ3n) is 4.58. The maximum absolute atomic E-state index is 13.3. The average Bonchev–Trinajstić information content (AvgIpc) is 3.17. The van der Waals surface area contributed by atoms with Gasteiger partial charge in [0, 0.05) is 12.1 Å². The van der Waals surface area contributed by atoms with Crippen LogP contribution in [0.1, 0.15) is 23.6 Å². The summed E-state index contributed by atoms with van der Waals surface area (Å²) in [6, 6.07) is 20.3. The molecule has 1 atom stereocenters. The van der Waals surface area contributed by atoms with Gasteiger partial charge in [0.1, 0.15) is 11.6 Å². The zero-order valence-corrected chi connectivity index (χ0v) is 14.8. The van der Waals surface area contributed by atoms with Gasteiger partial charge in [0.25, 0.3) is 0 Å². The third-order valence-corrected chi connectivity index (χ3v) is 4.58. The summed E-state index contributed by atoms with van der Waals surface area (Å²) >= 11 is 0. The van der Waals surface area contributed by atoms with Crippen molar-refractivity contribution in [2.75, 3.05) is 5.32 Å². The molecule has 6 heteroatoms. The first-order valence-electron chi connectivity index (χ1n) is 8.84. The van der Waals surface area contributed by atoms with Gasteiger partial charge in [-0.15, -0.1) is 0 Å². The molecule has 1 unspecified atom stereocenters. The molecule has 0 radical (unpaired) electrons. The van der Waals surface area contributed by atoms with E-state index in [1.807, 2.05) is 30.3 Å². The number of nitrogens with zero attached hydrogens (tertiary/aromatic N) is 2. The Morgan fingerprint density at radius 2 is 1.50 bits per heavy atom. The van der Waals surface area contributed by atoms with E-state index in [2.05, 4.69) is 10.4 Å². The molecular weight excluding hydrogens is 360 g/mol. The Bertz CT molecular complexity index is 1000. The minimum absolute atomic E-state index is 0.340. The summed E-state index contributed by atoms with van der Waals surface area (Å²) in [5.41, 5.74) is 2.94. The summed E-state index contributed by atoms with van der Waals surface area (Å²) in [7, 11) is 0. The molecule has 0 aliphatic carbocycles. The maximum atomic E-state index is 13.3. The number of amides is 2. The lowest BCUT2D eigenvalue weighted by Crippen LogP contribution is -2.31. The van der Waals surface area contributed by atoms with Gasteiger partial charge in [-0.3, -0.25) is 0 Å². The van der Waals surface area contributed by atoms with Crippen molar-refractivity contribution in [2.45, 2.75) is 12.5 Å². The van der Waals surface area contributed by atoms with Gasteiger partial charge in [-0.25, -0.2) is 18.6 Å². The van der Waals surface area contributed by atoms with Crippen molar-refractivity contribution in [3.05, 3.63) is 102 Å². The molecule has 1 aliphatic heterocycles. The number of halogens is 2. The van der Waals surface area contributed by atoms with Crippen molar-refractivity contribution in [3.8, 4) is 0 Å². The summed E-state index contributed by atoms with van der Waals surface area (Å²) in [5.74, 6) is -0.721. The van der Waals surface area contributed by atoms with Crippen LogP contribution in [0.25, 0.3) is 0 Å². The number of carbonyl (C=O) groups is 1. The minimum atomic E-state index is -0.438. The first kappa shape index (κ1) is 17.9. The Kier molecular flexibility index (Phi) is 4.85. The summed E-state index contributed by atoms with van der Waals surface area (Å²) in [4.78, 5) is 12.9. The second-order valence-electron chi connectivity index (χ2n) is 6.47. The molecule has 4 nitrogen and oxygen atoms in total. The highest BCUT2D eigenvalue weighted by molar-refractivity contribution is 6.04. The van der Waals surface area contributed by atoms with Crippen LogP contribution in [0.5, 0.6) is 0 Å². The van der Waals surface area contributed by atoms with E-state index in [1.54, 1.807) is 12.1 Å². The molecule has 140 valence electrons. The zero-order chi connectivity index (χ0) is 19.5. The molecule has 1 heterocycles. The van der Waals surface area contributed by atoms with Gasteiger partial charge < -0.3 is 5.32 Å². The topological polar surface area (TPSA) is 44.7 Å². The van der Waals surface area contributed by atoms with Crippen LogP contribution in [0.4, 0.5) is 19.3 Å². The number of anilines is 1. The zero-order valence-electron chi connectivity index (χ0n) is 14.8. The first-order chi connectivity index (χ1) is 13.6. The molecule has 0 spiro atoms. The number of rotatable bonds is 3. The Hall–Kier alpha value is -3.54. The van der Waals surface area contributed by atoms with E-state index >= 15 is 0 Å². The van der Waals surface area contributed by atoms with E-state index in [-0.39, 0.29) is 17.7 Å². The Labute approximate surface area is 161 Å². The van der Waals surface area contributed by atoms with Crippen LogP contribution in [0, 0.1) is 11.6 Å². The molecule has 0 saturated carbocycles. The number of nitrogens with one attached hydrogen (secondary N) is 1. The van der Waals surface area contributed by atoms with Crippen molar-refractivity contribution < 1.29 is 13.6 Å². The van der Waals surface area contributed by atoms with Crippen LogP contribution in [-0.4, -0.2) is 16.8 Å². The van der Waals surface area contributed by atoms with Gasteiger partial charge in [0.2, 0.25) is 0 Å². The van der Waals surface area contributed by atoms with Gasteiger partial charge in [-0.1, -0.05) is 42.5 Å². The number of hydrogen-bond donors (Lipinski definition) is 1. The van der Waals surface area contributed by atoms with Crippen molar-refractivity contribution in [1.82, 2.24) is 5.01 Å². The quantitative estimate of drug-likeness (QED) is 0.657. The average molecular weight is 377 g/mol. The molecule has 0 fully saturated rings. The Morgan fingerprint density at radius 1 is 0.893 bits per heavy atom. The second kappa shape index (κ2) is 7.60. The SMILES string of the molecule is O=C(Nc1ccc(F)cc1)N1N=C(c2ccccc2)CC1c1ccc(F)cc1. The standard InChI is InChI=1S/C22H17F2N3O/c23-17-8-6-16(7-9-17)21-14-20(15-4-2-1-3-5-15)26-27(21)22(28)25-19-12-10-18(24)11-13-19/h1-13,21H,14H2,(H,25,28). The largest absolute Gasteiger partial charge is 0.342 e. The number of hydrazone groups is 1. The molecule has 3 aromatic rings. The summed E-state index contributed by atoms with van der Waals surface area (Å²) in [5, 5.41) is 8.62. The fraction of sp³-hybridized carbons (Fsp3) is 0.0909. The summed E-state index contributed by atoms with van der Waals surface area (Å²) < 4.78 is 26.4. The van der Waals surface area contributed by atoms with E-state index < -0.39 is 6.03 Å². The predicted molar refractivity (Wildman–Crippen MR) is 104 cm³/mol. The van der Waals surface area contributed by atoms with E-state index in [0.717, 1.165) is 16.8 Å². The minimum Gasteiger partial charge on any atom is -0.306 e. The number of hydrogen-bond acceptors (Lipinski definition) is 2. The van der Waals surface area contributed by atoms with E-state index in [0.29, 0.717) is 12.1 Å². The monoisotopic (exact) mass is 377 g/mol. The van der Waals surface area contributed by atoms with Gasteiger partial charge >= 0.3 is 6.03 Å². The second-order valence-corrected chi connectivity index (χ2v) is 6.47. The molecular formula is C22H17F2N3O. The molecule has 2 amide bonds. The van der Waals surface area contributed by atoms with Gasteiger partial charge in [0.05, 0.1) is 11.8 Å². The first-order valence-corrected chi connectivity index (χ1v) is 8.84. The number of urea groups is 1. The van der Waals surface area contributed by atoms with Gasteiger partial charge in [-0.2, -0.15) is 5.10 Å². The lowest BCUT2D eigenvalue weighted by Gasteiger charge is -2.22. The molecule has 0 bridgehead atoms. The summed E-state index contributed by atoms with van der Waals surface area (Å²) in [6.07, 6.45) is 0.506. The Morgan fingerprint density at radius 3 is 2.14 bits per heavy atom. The third kappa shape index (κ3) is 3.76. The van der Waals surface area contributed by atoms with Gasteiger partial charge in [-0.05, 0) is 47.5 Å². The molecule has 0 saturated heterocycles. The van der Waals surface area contributed by atoms with E-state index in [1.165, 1.54) is 41.4 Å². The van der Waals surface area contributed by atoms with Crippen LogP contribution in [-0.2, 0) is 0 Å². The summed E-state index contributed by atoms with van der Waals surface area (Å²) in [6.45, 7) is 0. The molecule has 4 rings (SSSR count). The molecule has 3 aromatic carbocycles. The fourth-order valence-corrected chi connectivity index (χ4v) is 3.16. The highest BCUT2D eigenvalue weighted by Gasteiger charge is 2.33. The molecule has 0 aromatic heterocycles. The fourth-order valence-electron chi connectivity index (χ4n) is 3.16. The highest BCUT2D eigenvalue weighted by atomic mass is 19.1. The number of carbonyl (C=O) groups excluding carboxylic acids is 1. The van der Waals surface area contributed by atoms with Crippen molar-refractivity contribution in [1.29, 1.82) is 0 Å². The van der Waals surface area contributed by atoms with Crippen molar-refractivity contribution >= 4 is 17.4 Å². The normalized spacial score (nSPS) is 16.0. The van der Waals surface area contributed by atoms with Gasteiger partial charge in [0.15, 0.2) is 0 Å². The van der Waals surface area contributed by atoms with Crippen molar-refractivity contribution in [2.24, 2.45) is 5.10 Å².